The number of carboxylic acids is 1. The van der Waals surface area contributed by atoms with Gasteiger partial charge in [0.15, 0.2) is 0 Å². The predicted molar refractivity (Wildman–Crippen MR) is 60.6 cm³/mol. The summed E-state index contributed by atoms with van der Waals surface area (Å²) in [7, 11) is 0. The number of nitrogens with zero attached hydrogens (tertiary/aromatic N) is 1. The lowest BCUT2D eigenvalue weighted by Gasteiger charge is -2.24. The molecule has 0 aliphatic carbocycles. The van der Waals surface area contributed by atoms with E-state index in [-0.39, 0.29) is 17.7 Å². The maximum absolute atomic E-state index is 13.1. The zero-order valence-electron chi connectivity index (χ0n) is 9.93. The van der Waals surface area contributed by atoms with Gasteiger partial charge in [0, 0.05) is 11.6 Å². The van der Waals surface area contributed by atoms with Crippen LogP contribution in [0.1, 0.15) is 18.9 Å². The van der Waals surface area contributed by atoms with Gasteiger partial charge in [-0.1, -0.05) is 5.16 Å². The number of hydrogen-bond donors (Lipinski definition) is 2. The quantitative estimate of drug-likeness (QED) is 0.868. The first kappa shape index (κ1) is 13.4. The van der Waals surface area contributed by atoms with Crippen LogP contribution in [0.2, 0.25) is 0 Å². The second kappa shape index (κ2) is 4.58. The van der Waals surface area contributed by atoms with Crippen LogP contribution in [0.3, 0.4) is 0 Å². The molecular formula is C12H11F2NO4. The van der Waals surface area contributed by atoms with Crippen LogP contribution in [-0.4, -0.2) is 33.6 Å². The highest BCUT2D eigenvalue weighted by Gasteiger charge is 2.51. The number of rotatable bonds is 3. The van der Waals surface area contributed by atoms with E-state index in [1.54, 1.807) is 0 Å². The second-order valence-electron chi connectivity index (χ2n) is 4.33. The highest BCUT2D eigenvalue weighted by Crippen LogP contribution is 2.31. The average Bonchev–Trinajstić information content (AvgIpc) is 2.73. The first-order valence-corrected chi connectivity index (χ1v) is 5.48. The van der Waals surface area contributed by atoms with Gasteiger partial charge in [-0.15, -0.1) is 0 Å². The molecule has 1 aromatic carbocycles. The van der Waals surface area contributed by atoms with Crippen molar-refractivity contribution in [2.24, 2.45) is 5.16 Å². The number of oxime groups is 1. The molecule has 0 spiro atoms. The molecule has 2 atom stereocenters. The summed E-state index contributed by atoms with van der Waals surface area (Å²) < 4.78 is 26.2. The predicted octanol–water partition coefficient (Wildman–Crippen LogP) is 1.29. The fourth-order valence-electron chi connectivity index (χ4n) is 1.84. The van der Waals surface area contributed by atoms with Crippen LogP contribution in [0, 0.1) is 11.6 Å². The largest absolute Gasteiger partial charge is 0.478 e. The molecule has 2 rings (SSSR count). The minimum atomic E-state index is -1.92. The van der Waals surface area contributed by atoms with Crippen LogP contribution in [-0.2, 0) is 9.63 Å². The number of aliphatic hydroxyl groups is 1. The highest BCUT2D eigenvalue weighted by molar-refractivity contribution is 6.04. The molecule has 102 valence electrons. The van der Waals surface area contributed by atoms with E-state index in [1.807, 2.05) is 0 Å². The van der Waals surface area contributed by atoms with Crippen molar-refractivity contribution >= 4 is 11.7 Å². The van der Waals surface area contributed by atoms with Crippen molar-refractivity contribution in [1.29, 1.82) is 0 Å². The first-order chi connectivity index (χ1) is 8.85. The van der Waals surface area contributed by atoms with Crippen molar-refractivity contribution in [3.8, 4) is 0 Å². The maximum atomic E-state index is 13.1. The van der Waals surface area contributed by atoms with Gasteiger partial charge >= 0.3 is 5.97 Å². The molecule has 19 heavy (non-hydrogen) atoms. The molecule has 1 heterocycles. The van der Waals surface area contributed by atoms with Crippen molar-refractivity contribution < 1.29 is 28.6 Å². The summed E-state index contributed by atoms with van der Waals surface area (Å²) in [4.78, 5) is 16.0. The maximum Gasteiger partial charge on any atom is 0.354 e. The van der Waals surface area contributed by atoms with Crippen LogP contribution in [0.4, 0.5) is 8.78 Å². The Morgan fingerprint density at radius 3 is 2.42 bits per heavy atom. The summed E-state index contributed by atoms with van der Waals surface area (Å²) in [5.41, 5.74) is -1.76. The van der Waals surface area contributed by atoms with Crippen molar-refractivity contribution in [3.05, 3.63) is 35.4 Å². The fraction of sp³-hybridized carbons (Fsp3) is 0.333. The van der Waals surface area contributed by atoms with Gasteiger partial charge < -0.3 is 15.1 Å². The summed E-state index contributed by atoms with van der Waals surface area (Å²) >= 11 is 0. The third-order valence-electron chi connectivity index (χ3n) is 2.98. The first-order valence-electron chi connectivity index (χ1n) is 5.48. The Balaban J connectivity index is 2.33. The number of aliphatic carboxylic acids is 1. The van der Waals surface area contributed by atoms with Crippen molar-refractivity contribution in [2.45, 2.75) is 25.0 Å². The Kier molecular flexibility index (Phi) is 3.23. The minimum absolute atomic E-state index is 0.0710. The highest BCUT2D eigenvalue weighted by atomic mass is 19.1. The van der Waals surface area contributed by atoms with Crippen LogP contribution in [0.25, 0.3) is 0 Å². The molecule has 1 aliphatic heterocycles. The van der Waals surface area contributed by atoms with Gasteiger partial charge in [0.1, 0.15) is 17.7 Å². The molecule has 0 unspecified atom stereocenters. The molecular weight excluding hydrogens is 260 g/mol. The van der Waals surface area contributed by atoms with Gasteiger partial charge in [0.05, 0.1) is 12.1 Å². The average molecular weight is 271 g/mol. The summed E-state index contributed by atoms with van der Waals surface area (Å²) in [6.07, 6.45) is -1.60. The van der Waals surface area contributed by atoms with Gasteiger partial charge in [0.2, 0.25) is 0 Å². The van der Waals surface area contributed by atoms with Gasteiger partial charge in [-0.25, -0.2) is 13.6 Å². The molecule has 0 radical (unpaired) electrons. The SMILES string of the molecule is C[C@H](O)[C@]1(C(=O)O)CC(c2cc(F)cc(F)c2)=NO1. The molecule has 0 amide bonds. The Morgan fingerprint density at radius 1 is 1.42 bits per heavy atom. The summed E-state index contributed by atoms with van der Waals surface area (Å²) in [5, 5.41) is 22.1. The molecule has 0 fully saturated rings. The number of benzene rings is 1. The standard InChI is InChI=1S/C12H11F2NO4/c1-6(16)12(11(17)18)5-10(15-19-12)7-2-8(13)4-9(14)3-7/h2-4,6,16H,5H2,1H3,(H,17,18)/t6-,12-/m0/s1. The van der Waals surface area contributed by atoms with Crippen LogP contribution in [0.15, 0.2) is 23.4 Å². The summed E-state index contributed by atoms with van der Waals surface area (Å²) in [5.74, 6) is -3.00. The number of hydrogen-bond acceptors (Lipinski definition) is 4. The second-order valence-corrected chi connectivity index (χ2v) is 4.33. The van der Waals surface area contributed by atoms with E-state index < -0.39 is 29.3 Å². The van der Waals surface area contributed by atoms with Gasteiger partial charge in [0.25, 0.3) is 5.60 Å². The van der Waals surface area contributed by atoms with Gasteiger partial charge in [-0.3, -0.25) is 0 Å². The van der Waals surface area contributed by atoms with E-state index >= 15 is 0 Å². The van der Waals surface area contributed by atoms with Crippen molar-refractivity contribution in [2.75, 3.05) is 0 Å². The van der Waals surface area contributed by atoms with Crippen LogP contribution < -0.4 is 0 Å². The monoisotopic (exact) mass is 271 g/mol. The molecule has 7 heteroatoms. The molecule has 0 aromatic heterocycles. The molecule has 2 N–H and O–H groups in total. The molecule has 1 aromatic rings. The Labute approximate surface area is 107 Å². The molecule has 1 aliphatic rings. The zero-order chi connectivity index (χ0) is 14.2. The van der Waals surface area contributed by atoms with E-state index in [9.17, 15) is 18.7 Å². The number of halogens is 2. The fourth-order valence-corrected chi connectivity index (χ4v) is 1.84. The summed E-state index contributed by atoms with van der Waals surface area (Å²) in [6.45, 7) is 1.25. The third kappa shape index (κ3) is 2.28. The number of carbonyl (C=O) groups is 1. The number of aliphatic hydroxyl groups excluding tert-OH is 1. The third-order valence-corrected chi connectivity index (χ3v) is 2.98. The Bertz CT molecular complexity index is 538. The lowest BCUT2D eigenvalue weighted by molar-refractivity contribution is -0.176. The van der Waals surface area contributed by atoms with Crippen LogP contribution >= 0.6 is 0 Å². The zero-order valence-corrected chi connectivity index (χ0v) is 9.93. The van der Waals surface area contributed by atoms with E-state index in [4.69, 9.17) is 9.94 Å². The van der Waals surface area contributed by atoms with Crippen molar-refractivity contribution in [1.82, 2.24) is 0 Å². The molecule has 0 bridgehead atoms. The van der Waals surface area contributed by atoms with E-state index in [2.05, 4.69) is 5.16 Å². The van der Waals surface area contributed by atoms with Gasteiger partial charge in [-0.05, 0) is 19.1 Å². The smallest absolute Gasteiger partial charge is 0.354 e. The summed E-state index contributed by atoms with van der Waals surface area (Å²) in [6, 6.07) is 2.73. The number of carboxylic acid groups (broad SMARTS) is 1. The normalized spacial score (nSPS) is 23.7. The lowest BCUT2D eigenvalue weighted by atomic mass is 9.90. The van der Waals surface area contributed by atoms with E-state index in [0.717, 1.165) is 12.1 Å². The van der Waals surface area contributed by atoms with Gasteiger partial charge in [-0.2, -0.15) is 0 Å². The molecule has 0 saturated carbocycles. The van der Waals surface area contributed by atoms with Crippen LogP contribution in [0.5, 0.6) is 0 Å². The van der Waals surface area contributed by atoms with E-state index in [1.165, 1.54) is 6.92 Å². The van der Waals surface area contributed by atoms with E-state index in [0.29, 0.717) is 6.07 Å². The minimum Gasteiger partial charge on any atom is -0.478 e. The lowest BCUT2D eigenvalue weighted by Crippen LogP contribution is -2.48. The Morgan fingerprint density at radius 2 is 2.00 bits per heavy atom. The molecule has 0 saturated heterocycles. The Hall–Kier alpha value is -2.02. The topological polar surface area (TPSA) is 79.1 Å². The van der Waals surface area contributed by atoms with Crippen molar-refractivity contribution in [3.63, 3.8) is 0 Å². The molecule has 5 nitrogen and oxygen atoms in total.